The van der Waals surface area contributed by atoms with Gasteiger partial charge in [-0.2, -0.15) is 0 Å². The fourth-order valence-electron chi connectivity index (χ4n) is 0.408. The molecule has 0 bridgehead atoms. The van der Waals surface area contributed by atoms with E-state index in [4.69, 9.17) is 0 Å². The van der Waals surface area contributed by atoms with Crippen LogP contribution >= 0.6 is 0 Å². The van der Waals surface area contributed by atoms with Crippen molar-refractivity contribution in [1.82, 2.24) is 0 Å². The average molecular weight is 139 g/mol. The third kappa shape index (κ3) is 4.01. The Bertz CT molecular complexity index is 157. The van der Waals surface area contributed by atoms with Crippen LogP contribution in [0, 0.1) is 0 Å². The summed E-state index contributed by atoms with van der Waals surface area (Å²) >= 11 is 0. The molecule has 0 spiro atoms. The Hall–Kier alpha value is -0.920. The molecule has 0 heterocycles. The average Bonchev–Trinajstić information content (AvgIpc) is 1.90. The number of hydrogen-bond acceptors (Lipinski definition) is 2. The maximum Gasteiger partial charge on any atom is 0.151 e. The fraction of sp³-hybridized carbons (Fsp3) is 0.500. The second-order valence-electron chi connectivity index (χ2n) is 2.28. The van der Waals surface area contributed by atoms with Gasteiger partial charge in [0.05, 0.1) is 0 Å². The van der Waals surface area contributed by atoms with Gasteiger partial charge in [0.25, 0.3) is 0 Å². The minimum atomic E-state index is 0.259. The monoisotopic (exact) mass is 139 g/mol. The van der Waals surface area contributed by atoms with Gasteiger partial charge in [0.2, 0.25) is 0 Å². The van der Waals surface area contributed by atoms with E-state index in [1.165, 1.54) is 0 Å². The number of nitrogens with zero attached hydrogens (tertiary/aromatic N) is 1. The number of hydrogen-bond donors (Lipinski definition) is 0. The molecule has 56 valence electrons. The lowest BCUT2D eigenvalue weighted by molar-refractivity contribution is -0.104. The zero-order chi connectivity index (χ0) is 7.98. The molecule has 0 radical (unpaired) electrons. The number of rotatable bonds is 3. The summed E-state index contributed by atoms with van der Waals surface area (Å²) in [7, 11) is 0. The molecule has 0 aromatic rings. The molecule has 0 fully saturated rings. The molecule has 2 nitrogen and oxygen atoms in total. The van der Waals surface area contributed by atoms with Crippen molar-refractivity contribution in [2.75, 3.05) is 0 Å². The number of carbonyl (C=O) groups is 1. The van der Waals surface area contributed by atoms with Crippen molar-refractivity contribution in [1.29, 1.82) is 0 Å². The first kappa shape index (κ1) is 9.08. The normalized spacial score (nSPS) is 13.0. The number of aldehydes is 1. The maximum absolute atomic E-state index is 10.2. The van der Waals surface area contributed by atoms with Crippen LogP contribution in [0.5, 0.6) is 0 Å². The molecule has 0 atom stereocenters. The van der Waals surface area contributed by atoms with Gasteiger partial charge in [-0.15, -0.1) is 0 Å². The summed E-state index contributed by atoms with van der Waals surface area (Å²) < 4.78 is 0. The van der Waals surface area contributed by atoms with E-state index in [2.05, 4.69) is 4.99 Å². The molecule has 0 aliphatic carbocycles. The lowest BCUT2D eigenvalue weighted by Crippen LogP contribution is -1.92. The molecule has 0 amide bonds. The zero-order valence-corrected chi connectivity index (χ0v) is 6.66. The van der Waals surface area contributed by atoms with Gasteiger partial charge in [0, 0.05) is 17.8 Å². The van der Waals surface area contributed by atoms with E-state index >= 15 is 0 Å². The van der Waals surface area contributed by atoms with Crippen molar-refractivity contribution in [3.63, 3.8) is 0 Å². The van der Waals surface area contributed by atoms with Crippen LogP contribution in [0.4, 0.5) is 0 Å². The smallest absolute Gasteiger partial charge is 0.151 e. The topological polar surface area (TPSA) is 29.4 Å². The second-order valence-corrected chi connectivity index (χ2v) is 2.28. The third-order valence-corrected chi connectivity index (χ3v) is 0.991. The molecular weight excluding hydrogens is 126 g/mol. The summed E-state index contributed by atoms with van der Waals surface area (Å²) in [5, 5.41) is 0. The molecule has 0 aliphatic heterocycles. The van der Waals surface area contributed by atoms with Crippen molar-refractivity contribution in [2.24, 2.45) is 4.99 Å². The Labute approximate surface area is 61.7 Å². The van der Waals surface area contributed by atoms with Gasteiger partial charge in [0.15, 0.2) is 6.29 Å². The highest BCUT2D eigenvalue weighted by Crippen LogP contribution is 1.88. The van der Waals surface area contributed by atoms with Crippen LogP contribution in [-0.4, -0.2) is 18.5 Å². The maximum atomic E-state index is 10.2. The van der Waals surface area contributed by atoms with Crippen molar-refractivity contribution < 1.29 is 4.79 Å². The van der Waals surface area contributed by atoms with E-state index in [1.54, 1.807) is 12.3 Å². The molecule has 0 saturated carbocycles. The SMILES string of the molecule is C/C=C(C=O)\C=N/C(C)C. The van der Waals surface area contributed by atoms with E-state index in [0.717, 1.165) is 6.29 Å². The van der Waals surface area contributed by atoms with E-state index in [1.807, 2.05) is 20.8 Å². The van der Waals surface area contributed by atoms with Gasteiger partial charge in [-0.05, 0) is 20.8 Å². The van der Waals surface area contributed by atoms with Crippen LogP contribution in [0.2, 0.25) is 0 Å². The van der Waals surface area contributed by atoms with Crippen molar-refractivity contribution >= 4 is 12.5 Å². The number of allylic oxidation sites excluding steroid dienone is 2. The fourth-order valence-corrected chi connectivity index (χ4v) is 0.408. The van der Waals surface area contributed by atoms with E-state index in [9.17, 15) is 4.79 Å². The summed E-state index contributed by atoms with van der Waals surface area (Å²) in [6.07, 6.45) is 4.13. The summed E-state index contributed by atoms with van der Waals surface area (Å²) in [6.45, 7) is 5.75. The van der Waals surface area contributed by atoms with E-state index < -0.39 is 0 Å². The summed E-state index contributed by atoms with van der Waals surface area (Å²) in [5.74, 6) is 0. The predicted octanol–water partition coefficient (Wildman–Crippen LogP) is 1.61. The van der Waals surface area contributed by atoms with Gasteiger partial charge < -0.3 is 0 Å². The molecule has 0 aromatic heterocycles. The minimum Gasteiger partial charge on any atom is -0.298 e. The molecule has 0 saturated heterocycles. The number of aliphatic imine (C=N–C) groups is 1. The Balaban J connectivity index is 3.98. The lowest BCUT2D eigenvalue weighted by atomic mass is 10.3. The van der Waals surface area contributed by atoms with Crippen molar-refractivity contribution in [3.05, 3.63) is 11.6 Å². The van der Waals surface area contributed by atoms with Crippen LogP contribution in [0.15, 0.2) is 16.6 Å². The molecule has 0 unspecified atom stereocenters. The Morgan fingerprint density at radius 2 is 2.10 bits per heavy atom. The molecular formula is C8H13NO. The highest BCUT2D eigenvalue weighted by Gasteiger charge is 1.87. The van der Waals surface area contributed by atoms with Crippen LogP contribution in [0.3, 0.4) is 0 Å². The Morgan fingerprint density at radius 1 is 1.50 bits per heavy atom. The van der Waals surface area contributed by atoms with Crippen LogP contribution < -0.4 is 0 Å². The quantitative estimate of drug-likeness (QED) is 0.332. The first-order valence-electron chi connectivity index (χ1n) is 3.35. The molecule has 0 aliphatic rings. The summed E-state index contributed by atoms with van der Waals surface area (Å²) in [4.78, 5) is 14.2. The zero-order valence-electron chi connectivity index (χ0n) is 6.66. The van der Waals surface area contributed by atoms with Crippen LogP contribution in [0.25, 0.3) is 0 Å². The highest BCUT2D eigenvalue weighted by molar-refractivity contribution is 6.01. The van der Waals surface area contributed by atoms with Crippen LogP contribution in [0.1, 0.15) is 20.8 Å². The third-order valence-electron chi connectivity index (χ3n) is 0.991. The van der Waals surface area contributed by atoms with Crippen molar-refractivity contribution in [3.8, 4) is 0 Å². The minimum absolute atomic E-state index is 0.259. The summed E-state index contributed by atoms with van der Waals surface area (Å²) in [6, 6.07) is 0.259. The Kier molecular flexibility index (Phi) is 4.46. The van der Waals surface area contributed by atoms with E-state index in [-0.39, 0.29) is 6.04 Å². The first-order chi connectivity index (χ1) is 4.70. The van der Waals surface area contributed by atoms with Gasteiger partial charge in [-0.3, -0.25) is 9.79 Å². The largest absolute Gasteiger partial charge is 0.298 e. The molecule has 0 N–H and O–H groups in total. The highest BCUT2D eigenvalue weighted by atomic mass is 16.1. The summed E-state index contributed by atoms with van der Waals surface area (Å²) in [5.41, 5.74) is 0.633. The second kappa shape index (κ2) is 4.91. The van der Waals surface area contributed by atoms with Gasteiger partial charge >= 0.3 is 0 Å². The molecule has 10 heavy (non-hydrogen) atoms. The van der Waals surface area contributed by atoms with E-state index in [0.29, 0.717) is 5.57 Å². The standard InChI is InChI=1S/C8H13NO/c1-4-8(6-10)5-9-7(2)3/h4-7H,1-3H3/b8-4+,9-5-. The lowest BCUT2D eigenvalue weighted by Gasteiger charge is -1.92. The van der Waals surface area contributed by atoms with Gasteiger partial charge in [-0.1, -0.05) is 6.08 Å². The molecule has 2 heteroatoms. The number of carbonyl (C=O) groups excluding carboxylic acids is 1. The van der Waals surface area contributed by atoms with Gasteiger partial charge in [-0.25, -0.2) is 0 Å². The predicted molar refractivity (Wildman–Crippen MR) is 43.4 cm³/mol. The van der Waals surface area contributed by atoms with Crippen LogP contribution in [-0.2, 0) is 4.79 Å². The van der Waals surface area contributed by atoms with Gasteiger partial charge in [0.1, 0.15) is 0 Å². The molecule has 0 rings (SSSR count). The first-order valence-corrected chi connectivity index (χ1v) is 3.35. The molecule has 0 aromatic carbocycles. The Morgan fingerprint density at radius 3 is 2.40 bits per heavy atom. The van der Waals surface area contributed by atoms with Crippen molar-refractivity contribution in [2.45, 2.75) is 26.8 Å².